The Morgan fingerprint density at radius 2 is 1.97 bits per heavy atom. The van der Waals surface area contributed by atoms with Crippen molar-refractivity contribution in [2.75, 3.05) is 49.6 Å². The van der Waals surface area contributed by atoms with E-state index in [4.69, 9.17) is 10.00 Å². The average Bonchev–Trinajstić information content (AvgIpc) is 2.75. The summed E-state index contributed by atoms with van der Waals surface area (Å²) in [5, 5.41) is 11.7. The van der Waals surface area contributed by atoms with Gasteiger partial charge < -0.3 is 15.0 Å². The minimum absolute atomic E-state index is 0.153. The largest absolute Gasteiger partial charge is 0.378 e. The zero-order valence-corrected chi connectivity index (χ0v) is 16.5. The first-order valence-electron chi connectivity index (χ1n) is 9.72. The highest BCUT2D eigenvalue weighted by Crippen LogP contribution is 2.19. The van der Waals surface area contributed by atoms with Gasteiger partial charge in [0.05, 0.1) is 31.4 Å². The molecule has 7 heteroatoms. The molecule has 2 aromatic rings. The summed E-state index contributed by atoms with van der Waals surface area (Å²) in [7, 11) is 0. The molecular weight excluding hydrogens is 371 g/mol. The third kappa shape index (κ3) is 5.76. The fourth-order valence-electron chi connectivity index (χ4n) is 3.25. The van der Waals surface area contributed by atoms with E-state index in [-0.39, 0.29) is 18.0 Å². The van der Waals surface area contributed by atoms with Crippen LogP contribution in [0.2, 0.25) is 0 Å². The van der Waals surface area contributed by atoms with Crippen molar-refractivity contribution in [3.05, 3.63) is 59.4 Å². The van der Waals surface area contributed by atoms with Gasteiger partial charge in [0, 0.05) is 36.6 Å². The van der Waals surface area contributed by atoms with Crippen LogP contribution in [0.3, 0.4) is 0 Å². The molecule has 1 aliphatic heterocycles. The van der Waals surface area contributed by atoms with Gasteiger partial charge in [-0.2, -0.15) is 5.26 Å². The number of hydrogen-bond donors (Lipinski definition) is 1. The molecule has 1 saturated heterocycles. The van der Waals surface area contributed by atoms with E-state index < -0.39 is 5.82 Å². The Kier molecular flexibility index (Phi) is 7.17. The van der Waals surface area contributed by atoms with Crippen molar-refractivity contribution < 1.29 is 13.9 Å². The number of halogens is 1. The summed E-state index contributed by atoms with van der Waals surface area (Å²) >= 11 is 0. The van der Waals surface area contributed by atoms with Crippen molar-refractivity contribution in [2.45, 2.75) is 13.5 Å². The lowest BCUT2D eigenvalue weighted by molar-refractivity contribution is -0.117. The smallest absolute Gasteiger partial charge is 0.238 e. The summed E-state index contributed by atoms with van der Waals surface area (Å²) in [5.41, 5.74) is 2.59. The number of anilines is 2. The van der Waals surface area contributed by atoms with Gasteiger partial charge in [-0.25, -0.2) is 4.39 Å². The van der Waals surface area contributed by atoms with Crippen LogP contribution in [0, 0.1) is 17.1 Å². The Morgan fingerprint density at radius 1 is 1.24 bits per heavy atom. The lowest BCUT2D eigenvalue weighted by Gasteiger charge is -2.29. The minimum atomic E-state index is -0.429. The molecule has 152 valence electrons. The second-order valence-electron chi connectivity index (χ2n) is 6.92. The van der Waals surface area contributed by atoms with Crippen molar-refractivity contribution in [3.8, 4) is 6.07 Å². The first-order chi connectivity index (χ1) is 14.1. The molecule has 2 aromatic carbocycles. The number of benzene rings is 2. The number of likely N-dealkylation sites (N-methyl/N-ethyl adjacent to an activating group) is 1. The third-order valence-electron chi connectivity index (χ3n) is 4.92. The van der Waals surface area contributed by atoms with Crippen LogP contribution < -0.4 is 10.2 Å². The van der Waals surface area contributed by atoms with Crippen LogP contribution in [-0.4, -0.2) is 50.2 Å². The van der Waals surface area contributed by atoms with Gasteiger partial charge in [0.2, 0.25) is 5.91 Å². The average molecular weight is 396 g/mol. The van der Waals surface area contributed by atoms with Gasteiger partial charge >= 0.3 is 0 Å². The second-order valence-corrected chi connectivity index (χ2v) is 6.92. The van der Waals surface area contributed by atoms with Gasteiger partial charge in [0.25, 0.3) is 0 Å². The van der Waals surface area contributed by atoms with E-state index in [0.717, 1.165) is 37.7 Å². The number of morpholine rings is 1. The predicted octanol–water partition coefficient (Wildman–Crippen LogP) is 2.99. The number of nitriles is 1. The molecule has 1 fully saturated rings. The summed E-state index contributed by atoms with van der Waals surface area (Å²) < 4.78 is 19.5. The first-order valence-corrected chi connectivity index (χ1v) is 9.72. The van der Waals surface area contributed by atoms with Crippen LogP contribution in [-0.2, 0) is 16.1 Å². The van der Waals surface area contributed by atoms with E-state index in [1.54, 1.807) is 12.1 Å². The highest BCUT2D eigenvalue weighted by Gasteiger charge is 2.14. The summed E-state index contributed by atoms with van der Waals surface area (Å²) in [6.45, 7) is 6.16. The molecule has 6 nitrogen and oxygen atoms in total. The molecule has 1 heterocycles. The predicted molar refractivity (Wildman–Crippen MR) is 110 cm³/mol. The van der Waals surface area contributed by atoms with Crippen LogP contribution >= 0.6 is 0 Å². The Bertz CT molecular complexity index is 873. The molecule has 0 unspecified atom stereocenters. The molecule has 3 rings (SSSR count). The summed E-state index contributed by atoms with van der Waals surface area (Å²) in [6.07, 6.45) is 0. The quantitative estimate of drug-likeness (QED) is 0.779. The Balaban J connectivity index is 1.55. The molecule has 0 saturated carbocycles. The van der Waals surface area contributed by atoms with Gasteiger partial charge in [-0.15, -0.1) is 0 Å². The van der Waals surface area contributed by atoms with E-state index in [1.807, 2.05) is 42.2 Å². The molecule has 0 atom stereocenters. The maximum Gasteiger partial charge on any atom is 0.238 e. The van der Waals surface area contributed by atoms with Crippen molar-refractivity contribution in [1.82, 2.24) is 4.90 Å². The van der Waals surface area contributed by atoms with Crippen molar-refractivity contribution in [3.63, 3.8) is 0 Å². The van der Waals surface area contributed by atoms with Crippen LogP contribution in [0.15, 0.2) is 42.5 Å². The third-order valence-corrected chi connectivity index (χ3v) is 4.92. The lowest BCUT2D eigenvalue weighted by Crippen LogP contribution is -2.36. The number of nitrogens with one attached hydrogen (secondary N) is 1. The topological polar surface area (TPSA) is 68.6 Å². The summed E-state index contributed by atoms with van der Waals surface area (Å²) in [6, 6.07) is 14.1. The van der Waals surface area contributed by atoms with Crippen LogP contribution in [0.5, 0.6) is 0 Å². The van der Waals surface area contributed by atoms with Gasteiger partial charge in [0.15, 0.2) is 0 Å². The number of rotatable bonds is 7. The Labute approximate surface area is 170 Å². The molecular formula is C22H25FN4O2. The number of ether oxygens (including phenoxy) is 1. The van der Waals surface area contributed by atoms with Crippen LogP contribution in [0.25, 0.3) is 0 Å². The lowest BCUT2D eigenvalue weighted by atomic mass is 10.1. The number of carbonyl (C=O) groups is 1. The summed E-state index contributed by atoms with van der Waals surface area (Å²) in [5.74, 6) is -0.582. The van der Waals surface area contributed by atoms with Gasteiger partial charge in [-0.1, -0.05) is 13.0 Å². The van der Waals surface area contributed by atoms with Crippen molar-refractivity contribution in [2.24, 2.45) is 0 Å². The summed E-state index contributed by atoms with van der Waals surface area (Å²) in [4.78, 5) is 16.5. The molecule has 0 aromatic heterocycles. The number of carbonyl (C=O) groups excluding carboxylic acids is 1. The van der Waals surface area contributed by atoms with E-state index >= 15 is 0 Å². The van der Waals surface area contributed by atoms with Crippen LogP contribution in [0.4, 0.5) is 15.8 Å². The molecule has 1 amide bonds. The van der Waals surface area contributed by atoms with Crippen LogP contribution in [0.1, 0.15) is 18.1 Å². The van der Waals surface area contributed by atoms with Crippen molar-refractivity contribution >= 4 is 17.3 Å². The number of nitrogens with zero attached hydrogens (tertiary/aromatic N) is 3. The molecule has 0 radical (unpaired) electrons. The normalized spacial score (nSPS) is 13.9. The molecule has 29 heavy (non-hydrogen) atoms. The first kappa shape index (κ1) is 20.8. The van der Waals surface area contributed by atoms with Gasteiger partial charge in [-0.3, -0.25) is 9.69 Å². The number of amides is 1. The van der Waals surface area contributed by atoms with Gasteiger partial charge in [-0.05, 0) is 42.9 Å². The molecule has 1 aliphatic rings. The minimum Gasteiger partial charge on any atom is -0.378 e. The fourth-order valence-corrected chi connectivity index (χ4v) is 3.25. The Hall–Kier alpha value is -2.95. The standard InChI is InChI=1S/C22H25FN4O2/c1-2-26(15-18-4-3-17(14-24)13-21(18)23)16-22(28)25-19-5-7-20(8-6-19)27-9-11-29-12-10-27/h3-8,13H,2,9-12,15-16H2,1H3,(H,25,28). The molecule has 1 N–H and O–H groups in total. The number of hydrogen-bond acceptors (Lipinski definition) is 5. The van der Waals surface area contributed by atoms with E-state index in [0.29, 0.717) is 18.7 Å². The SMILES string of the molecule is CCN(CC(=O)Nc1ccc(N2CCOCC2)cc1)Cc1ccc(C#N)cc1F. The van der Waals surface area contributed by atoms with Crippen molar-refractivity contribution in [1.29, 1.82) is 5.26 Å². The molecule has 0 bridgehead atoms. The monoisotopic (exact) mass is 396 g/mol. The Morgan fingerprint density at radius 3 is 2.59 bits per heavy atom. The fraction of sp³-hybridized carbons (Fsp3) is 0.364. The highest BCUT2D eigenvalue weighted by molar-refractivity contribution is 5.92. The van der Waals surface area contributed by atoms with Gasteiger partial charge in [0.1, 0.15) is 5.82 Å². The molecule has 0 aliphatic carbocycles. The second kappa shape index (κ2) is 10.0. The molecule has 0 spiro atoms. The highest BCUT2D eigenvalue weighted by atomic mass is 19.1. The van der Waals surface area contributed by atoms with E-state index in [9.17, 15) is 9.18 Å². The van der Waals surface area contributed by atoms with E-state index in [2.05, 4.69) is 10.2 Å². The van der Waals surface area contributed by atoms with E-state index in [1.165, 1.54) is 6.07 Å². The zero-order chi connectivity index (χ0) is 20.6. The maximum absolute atomic E-state index is 14.1. The zero-order valence-electron chi connectivity index (χ0n) is 16.5. The maximum atomic E-state index is 14.1.